The molecule has 8 heteroatoms. The van der Waals surface area contributed by atoms with E-state index in [9.17, 15) is 9.59 Å². The molecule has 3 rings (SSSR count). The molecule has 1 saturated heterocycles. The lowest BCUT2D eigenvalue weighted by Gasteiger charge is -2.42. The average Bonchev–Trinajstić information content (AvgIpc) is 3.15. The summed E-state index contributed by atoms with van der Waals surface area (Å²) >= 11 is 0. The van der Waals surface area contributed by atoms with Crippen LogP contribution in [0.5, 0.6) is 0 Å². The van der Waals surface area contributed by atoms with Crippen molar-refractivity contribution in [2.75, 3.05) is 13.2 Å². The van der Waals surface area contributed by atoms with E-state index in [2.05, 4.69) is 15.4 Å². The van der Waals surface area contributed by atoms with Crippen LogP contribution < -0.4 is 5.32 Å². The molecule has 2 heterocycles. The van der Waals surface area contributed by atoms with Gasteiger partial charge in [-0.05, 0) is 19.4 Å². The number of carbonyl (C=O) groups is 2. The summed E-state index contributed by atoms with van der Waals surface area (Å²) in [5.41, 5.74) is 0.880. The minimum atomic E-state index is -0.756. The van der Waals surface area contributed by atoms with E-state index in [1.165, 1.54) is 6.33 Å². The van der Waals surface area contributed by atoms with Crippen molar-refractivity contribution in [3.05, 3.63) is 48.5 Å². The molecule has 2 amide bonds. The van der Waals surface area contributed by atoms with Gasteiger partial charge < -0.3 is 15.0 Å². The fourth-order valence-corrected chi connectivity index (χ4v) is 3.18. The minimum absolute atomic E-state index is 0.0398. The van der Waals surface area contributed by atoms with E-state index >= 15 is 0 Å². The molecule has 1 aliphatic heterocycles. The summed E-state index contributed by atoms with van der Waals surface area (Å²) in [6.07, 6.45) is 2.28. The number of benzene rings is 1. The van der Waals surface area contributed by atoms with E-state index in [1.807, 2.05) is 44.2 Å². The zero-order valence-electron chi connectivity index (χ0n) is 14.9. The van der Waals surface area contributed by atoms with Crippen molar-refractivity contribution in [1.29, 1.82) is 0 Å². The lowest BCUT2D eigenvalue weighted by Crippen LogP contribution is -2.56. The Labute approximate surface area is 152 Å². The molecule has 1 aliphatic rings. The largest absolute Gasteiger partial charge is 0.356 e. The van der Waals surface area contributed by atoms with E-state index in [1.54, 1.807) is 15.9 Å². The van der Waals surface area contributed by atoms with Crippen LogP contribution in [0, 0.1) is 0 Å². The first kappa shape index (κ1) is 18.1. The Morgan fingerprint density at radius 1 is 1.35 bits per heavy atom. The minimum Gasteiger partial charge on any atom is -0.356 e. The number of aromatic nitrogens is 3. The van der Waals surface area contributed by atoms with E-state index in [-0.39, 0.29) is 24.5 Å². The summed E-state index contributed by atoms with van der Waals surface area (Å²) in [6, 6.07) is 9.03. The van der Waals surface area contributed by atoms with Gasteiger partial charge in [-0.2, -0.15) is 5.10 Å². The zero-order valence-corrected chi connectivity index (χ0v) is 14.9. The van der Waals surface area contributed by atoms with Crippen molar-refractivity contribution in [2.24, 2.45) is 0 Å². The van der Waals surface area contributed by atoms with Gasteiger partial charge in [0.2, 0.25) is 5.91 Å². The normalized spacial score (nSPS) is 20.4. The molecule has 2 aromatic rings. The zero-order chi connectivity index (χ0) is 18.5. The second-order valence-electron chi connectivity index (χ2n) is 6.43. The van der Waals surface area contributed by atoms with Gasteiger partial charge in [0.05, 0.1) is 12.6 Å². The van der Waals surface area contributed by atoms with E-state index < -0.39 is 12.1 Å². The first-order valence-corrected chi connectivity index (χ1v) is 8.65. The van der Waals surface area contributed by atoms with Crippen molar-refractivity contribution < 1.29 is 14.3 Å². The molecule has 138 valence electrons. The molecular weight excluding hydrogens is 334 g/mol. The summed E-state index contributed by atoms with van der Waals surface area (Å²) in [7, 11) is 0. The summed E-state index contributed by atoms with van der Waals surface area (Å²) in [5, 5.41) is 6.88. The lowest BCUT2D eigenvalue weighted by atomic mass is 9.96. The number of nitrogens with zero attached hydrogens (tertiary/aromatic N) is 4. The van der Waals surface area contributed by atoms with Crippen LogP contribution in [-0.4, -0.2) is 56.8 Å². The second kappa shape index (κ2) is 8.09. The first-order chi connectivity index (χ1) is 12.6. The van der Waals surface area contributed by atoms with Crippen LogP contribution >= 0.6 is 0 Å². The first-order valence-electron chi connectivity index (χ1n) is 8.65. The van der Waals surface area contributed by atoms with Crippen molar-refractivity contribution in [3.8, 4) is 0 Å². The van der Waals surface area contributed by atoms with E-state index in [0.717, 1.165) is 5.56 Å². The van der Waals surface area contributed by atoms with Gasteiger partial charge in [-0.15, -0.1) is 0 Å². The highest BCUT2D eigenvalue weighted by Gasteiger charge is 2.42. The van der Waals surface area contributed by atoms with Crippen molar-refractivity contribution in [2.45, 2.75) is 38.6 Å². The molecule has 0 spiro atoms. The highest BCUT2D eigenvalue weighted by molar-refractivity contribution is 5.86. The molecule has 0 unspecified atom stereocenters. The van der Waals surface area contributed by atoms with Crippen LogP contribution in [0.4, 0.5) is 0 Å². The van der Waals surface area contributed by atoms with Gasteiger partial charge in [0, 0.05) is 12.6 Å². The summed E-state index contributed by atoms with van der Waals surface area (Å²) < 4.78 is 7.29. The number of rotatable bonds is 6. The number of nitrogens with one attached hydrogen (secondary N) is 1. The van der Waals surface area contributed by atoms with Crippen LogP contribution in [0.25, 0.3) is 0 Å². The summed E-state index contributed by atoms with van der Waals surface area (Å²) in [6.45, 7) is 4.71. The van der Waals surface area contributed by atoms with E-state index in [4.69, 9.17) is 4.74 Å². The van der Waals surface area contributed by atoms with Crippen LogP contribution in [0.2, 0.25) is 0 Å². The molecule has 8 nitrogen and oxygen atoms in total. The number of hydrogen-bond donors (Lipinski definition) is 1. The predicted molar refractivity (Wildman–Crippen MR) is 93.9 cm³/mol. The molecule has 0 aliphatic carbocycles. The maximum absolute atomic E-state index is 12.8. The third-order valence-electron chi connectivity index (χ3n) is 4.32. The van der Waals surface area contributed by atoms with Crippen LogP contribution in [0.3, 0.4) is 0 Å². The van der Waals surface area contributed by atoms with Crippen molar-refractivity contribution in [3.63, 3.8) is 0 Å². The van der Waals surface area contributed by atoms with Gasteiger partial charge in [-0.1, -0.05) is 30.3 Å². The number of amides is 2. The Hall–Kier alpha value is -2.74. The van der Waals surface area contributed by atoms with Gasteiger partial charge in [0.1, 0.15) is 19.3 Å². The molecule has 1 aromatic carbocycles. The smallest absolute Gasteiger partial charge is 0.251 e. The van der Waals surface area contributed by atoms with Crippen molar-refractivity contribution >= 4 is 11.8 Å². The Kier molecular flexibility index (Phi) is 5.62. The Bertz CT molecular complexity index is 733. The van der Waals surface area contributed by atoms with Gasteiger partial charge in [0.25, 0.3) is 5.91 Å². The number of hydrogen-bond acceptors (Lipinski definition) is 5. The highest BCUT2D eigenvalue weighted by atomic mass is 16.5. The molecule has 2 atom stereocenters. The second-order valence-corrected chi connectivity index (χ2v) is 6.43. The molecule has 1 aromatic heterocycles. The van der Waals surface area contributed by atoms with Crippen LogP contribution in [0.15, 0.2) is 43.0 Å². The van der Waals surface area contributed by atoms with Crippen LogP contribution in [0.1, 0.15) is 25.5 Å². The van der Waals surface area contributed by atoms with Crippen LogP contribution in [-0.2, 0) is 20.9 Å². The Balaban J connectivity index is 1.76. The Morgan fingerprint density at radius 2 is 2.12 bits per heavy atom. The van der Waals surface area contributed by atoms with E-state index in [0.29, 0.717) is 13.1 Å². The third kappa shape index (κ3) is 3.91. The topological polar surface area (TPSA) is 89.4 Å². The molecule has 1 N–H and O–H groups in total. The number of morpholine rings is 1. The highest BCUT2D eigenvalue weighted by Crippen LogP contribution is 2.32. The van der Waals surface area contributed by atoms with Gasteiger partial charge in [-0.3, -0.25) is 14.3 Å². The third-order valence-corrected chi connectivity index (χ3v) is 4.32. The SMILES string of the molecule is CC(C)N1C(=O)CO[C@H](C(=O)NCCn2cncn2)[C@H]1c1ccccc1. The standard InChI is InChI=1S/C18H23N5O3/c1-13(2)23-15(24)10-26-17(16(23)14-6-4-3-5-7-14)18(25)20-8-9-22-12-19-11-21-22/h3-7,11-13,16-17H,8-10H2,1-2H3,(H,20,25)/t16-,17+/m1/s1. The van der Waals surface area contributed by atoms with Gasteiger partial charge >= 0.3 is 0 Å². The lowest BCUT2D eigenvalue weighted by molar-refractivity contribution is -0.167. The molecule has 0 radical (unpaired) electrons. The predicted octanol–water partition coefficient (Wildman–Crippen LogP) is 0.771. The summed E-state index contributed by atoms with van der Waals surface area (Å²) in [4.78, 5) is 30.8. The summed E-state index contributed by atoms with van der Waals surface area (Å²) in [5.74, 6) is -0.349. The van der Waals surface area contributed by atoms with Crippen molar-refractivity contribution in [1.82, 2.24) is 25.0 Å². The number of carbonyl (C=O) groups excluding carboxylic acids is 2. The molecule has 0 saturated carbocycles. The Morgan fingerprint density at radius 3 is 2.77 bits per heavy atom. The molecular formula is C18H23N5O3. The maximum atomic E-state index is 12.8. The fourth-order valence-electron chi connectivity index (χ4n) is 3.18. The van der Waals surface area contributed by atoms with Gasteiger partial charge in [-0.25, -0.2) is 4.98 Å². The maximum Gasteiger partial charge on any atom is 0.251 e. The quantitative estimate of drug-likeness (QED) is 0.825. The number of ether oxygens (including phenoxy) is 1. The monoisotopic (exact) mass is 357 g/mol. The molecule has 0 bridgehead atoms. The van der Waals surface area contributed by atoms with Gasteiger partial charge in [0.15, 0.2) is 6.10 Å². The average molecular weight is 357 g/mol. The molecule has 1 fully saturated rings. The fraction of sp³-hybridized carbons (Fsp3) is 0.444. The molecule has 26 heavy (non-hydrogen) atoms.